The van der Waals surface area contributed by atoms with E-state index in [4.69, 9.17) is 0 Å². The van der Waals surface area contributed by atoms with Crippen molar-refractivity contribution in [3.05, 3.63) is 0 Å². The van der Waals surface area contributed by atoms with E-state index >= 15 is 0 Å². The molecule has 94 valence electrons. The number of hydrogen-bond acceptors (Lipinski definition) is 3. The van der Waals surface area contributed by atoms with Gasteiger partial charge in [0.25, 0.3) is 0 Å². The maximum Gasteiger partial charge on any atom is 0.0590 e. The summed E-state index contributed by atoms with van der Waals surface area (Å²) in [6.07, 6.45) is 6.61. The molecular formula is C13H26N2O. The number of aliphatic hydroxyl groups excluding tert-OH is 1. The molecule has 0 aromatic heterocycles. The van der Waals surface area contributed by atoms with Crippen molar-refractivity contribution in [1.82, 2.24) is 9.80 Å². The van der Waals surface area contributed by atoms with Crippen LogP contribution in [-0.4, -0.2) is 60.8 Å². The van der Waals surface area contributed by atoms with E-state index in [2.05, 4.69) is 16.8 Å². The minimum absolute atomic E-state index is 0.346. The Balaban J connectivity index is 1.91. The third-order valence-electron chi connectivity index (χ3n) is 4.25. The number of aliphatic hydroxyl groups is 1. The van der Waals surface area contributed by atoms with E-state index in [1.165, 1.54) is 58.3 Å². The fourth-order valence-electron chi connectivity index (χ4n) is 3.33. The first-order chi connectivity index (χ1) is 7.81. The van der Waals surface area contributed by atoms with Gasteiger partial charge in [-0.15, -0.1) is 0 Å². The standard InChI is InChI=1S/C13H26N2O/c1-14-7-5-6-12(10-14)13(11-16)15-8-3-2-4-9-15/h12-13,16H,2-11H2,1H3. The van der Waals surface area contributed by atoms with E-state index in [1.807, 2.05) is 0 Å². The molecule has 2 aliphatic heterocycles. The van der Waals surface area contributed by atoms with Crippen molar-refractivity contribution in [3.63, 3.8) is 0 Å². The van der Waals surface area contributed by atoms with Gasteiger partial charge in [0.1, 0.15) is 0 Å². The average Bonchev–Trinajstić information content (AvgIpc) is 2.31. The summed E-state index contributed by atoms with van der Waals surface area (Å²) in [7, 11) is 2.21. The highest BCUT2D eigenvalue weighted by molar-refractivity contribution is 4.85. The molecule has 0 radical (unpaired) electrons. The lowest BCUT2D eigenvalue weighted by Crippen LogP contribution is -2.50. The number of hydrogen-bond donors (Lipinski definition) is 1. The molecule has 0 aromatic rings. The van der Waals surface area contributed by atoms with Crippen LogP contribution in [-0.2, 0) is 0 Å². The molecule has 2 saturated heterocycles. The molecule has 0 spiro atoms. The first-order valence-corrected chi connectivity index (χ1v) is 6.84. The lowest BCUT2D eigenvalue weighted by Gasteiger charge is -2.41. The summed E-state index contributed by atoms with van der Waals surface area (Å²) in [5.41, 5.74) is 0. The fraction of sp³-hybridized carbons (Fsp3) is 1.00. The SMILES string of the molecule is CN1CCCC(C(CO)N2CCCCC2)C1. The van der Waals surface area contributed by atoms with Gasteiger partial charge in [-0.05, 0) is 58.3 Å². The largest absolute Gasteiger partial charge is 0.395 e. The van der Waals surface area contributed by atoms with Crippen molar-refractivity contribution in [3.8, 4) is 0 Å². The van der Waals surface area contributed by atoms with E-state index in [0.717, 1.165) is 0 Å². The summed E-state index contributed by atoms with van der Waals surface area (Å²) >= 11 is 0. The molecule has 0 aromatic carbocycles. The molecule has 2 unspecified atom stereocenters. The molecule has 16 heavy (non-hydrogen) atoms. The van der Waals surface area contributed by atoms with Crippen LogP contribution in [0.1, 0.15) is 32.1 Å². The Bertz CT molecular complexity index is 204. The molecule has 2 atom stereocenters. The molecule has 0 bridgehead atoms. The molecule has 1 N–H and O–H groups in total. The molecular weight excluding hydrogens is 200 g/mol. The number of nitrogens with zero attached hydrogens (tertiary/aromatic N) is 2. The average molecular weight is 226 g/mol. The van der Waals surface area contributed by atoms with E-state index in [9.17, 15) is 5.11 Å². The zero-order valence-corrected chi connectivity index (χ0v) is 10.6. The van der Waals surface area contributed by atoms with E-state index in [1.54, 1.807) is 0 Å². The van der Waals surface area contributed by atoms with Gasteiger partial charge in [-0.2, -0.15) is 0 Å². The first-order valence-electron chi connectivity index (χ1n) is 6.84. The highest BCUT2D eigenvalue weighted by atomic mass is 16.3. The second kappa shape index (κ2) is 5.99. The van der Waals surface area contributed by atoms with Gasteiger partial charge >= 0.3 is 0 Å². The highest BCUT2D eigenvalue weighted by Gasteiger charge is 2.30. The third kappa shape index (κ3) is 2.96. The topological polar surface area (TPSA) is 26.7 Å². The van der Waals surface area contributed by atoms with E-state index < -0.39 is 0 Å². The Morgan fingerprint density at radius 1 is 1.12 bits per heavy atom. The van der Waals surface area contributed by atoms with Crippen molar-refractivity contribution in [2.45, 2.75) is 38.1 Å². The summed E-state index contributed by atoms with van der Waals surface area (Å²) in [6.45, 7) is 5.14. The monoisotopic (exact) mass is 226 g/mol. The highest BCUT2D eigenvalue weighted by Crippen LogP contribution is 2.24. The quantitative estimate of drug-likeness (QED) is 0.783. The molecule has 3 heteroatoms. The normalized spacial score (nSPS) is 31.5. The summed E-state index contributed by atoms with van der Waals surface area (Å²) in [6, 6.07) is 0.419. The molecule has 2 aliphatic rings. The van der Waals surface area contributed by atoms with Crippen molar-refractivity contribution < 1.29 is 5.11 Å². The summed E-state index contributed by atoms with van der Waals surface area (Å²) < 4.78 is 0. The Morgan fingerprint density at radius 3 is 2.50 bits per heavy atom. The Hall–Kier alpha value is -0.120. The molecule has 0 aliphatic carbocycles. The summed E-state index contributed by atoms with van der Waals surface area (Å²) in [5.74, 6) is 0.682. The summed E-state index contributed by atoms with van der Waals surface area (Å²) in [5, 5.41) is 9.66. The molecule has 0 saturated carbocycles. The van der Waals surface area contributed by atoms with Crippen LogP contribution in [0.25, 0.3) is 0 Å². The molecule has 2 heterocycles. The maximum absolute atomic E-state index is 9.66. The Morgan fingerprint density at radius 2 is 1.88 bits per heavy atom. The van der Waals surface area contributed by atoms with Gasteiger partial charge < -0.3 is 10.0 Å². The zero-order chi connectivity index (χ0) is 11.4. The number of rotatable bonds is 3. The van der Waals surface area contributed by atoms with Crippen LogP contribution >= 0.6 is 0 Å². The van der Waals surface area contributed by atoms with Crippen molar-refractivity contribution in [2.75, 3.05) is 39.8 Å². The van der Waals surface area contributed by atoms with Crippen LogP contribution in [0.4, 0.5) is 0 Å². The van der Waals surface area contributed by atoms with Gasteiger partial charge in [0.2, 0.25) is 0 Å². The van der Waals surface area contributed by atoms with Gasteiger partial charge in [0, 0.05) is 12.6 Å². The van der Waals surface area contributed by atoms with Gasteiger partial charge in [0.15, 0.2) is 0 Å². The summed E-state index contributed by atoms with van der Waals surface area (Å²) in [4.78, 5) is 4.95. The lowest BCUT2D eigenvalue weighted by atomic mass is 9.89. The number of likely N-dealkylation sites (tertiary alicyclic amines) is 2. The van der Waals surface area contributed by atoms with Crippen LogP contribution in [0, 0.1) is 5.92 Å². The molecule has 0 amide bonds. The van der Waals surface area contributed by atoms with Gasteiger partial charge in [-0.25, -0.2) is 0 Å². The third-order valence-corrected chi connectivity index (χ3v) is 4.25. The van der Waals surface area contributed by atoms with Crippen LogP contribution in [0.15, 0.2) is 0 Å². The van der Waals surface area contributed by atoms with E-state index in [0.29, 0.717) is 18.6 Å². The first kappa shape index (κ1) is 12.3. The van der Waals surface area contributed by atoms with Crippen molar-refractivity contribution >= 4 is 0 Å². The Labute approximate surface area is 99.4 Å². The van der Waals surface area contributed by atoms with Gasteiger partial charge in [-0.1, -0.05) is 6.42 Å². The zero-order valence-electron chi connectivity index (χ0n) is 10.6. The minimum Gasteiger partial charge on any atom is -0.395 e. The second-order valence-corrected chi connectivity index (χ2v) is 5.51. The van der Waals surface area contributed by atoms with Crippen molar-refractivity contribution in [1.29, 1.82) is 0 Å². The van der Waals surface area contributed by atoms with E-state index in [-0.39, 0.29) is 0 Å². The van der Waals surface area contributed by atoms with Crippen LogP contribution in [0.2, 0.25) is 0 Å². The second-order valence-electron chi connectivity index (χ2n) is 5.51. The number of piperidine rings is 2. The van der Waals surface area contributed by atoms with Crippen LogP contribution in [0.3, 0.4) is 0 Å². The van der Waals surface area contributed by atoms with Gasteiger partial charge in [-0.3, -0.25) is 4.90 Å². The smallest absolute Gasteiger partial charge is 0.0590 e. The lowest BCUT2D eigenvalue weighted by molar-refractivity contribution is 0.0367. The molecule has 2 rings (SSSR count). The minimum atomic E-state index is 0.346. The van der Waals surface area contributed by atoms with Crippen LogP contribution < -0.4 is 0 Å². The predicted molar refractivity (Wildman–Crippen MR) is 66.5 cm³/mol. The van der Waals surface area contributed by atoms with Gasteiger partial charge in [0.05, 0.1) is 6.61 Å². The molecule has 2 fully saturated rings. The predicted octanol–water partition coefficient (Wildman–Crippen LogP) is 1.17. The molecule has 3 nitrogen and oxygen atoms in total. The Kier molecular flexibility index (Phi) is 4.62. The van der Waals surface area contributed by atoms with Crippen LogP contribution in [0.5, 0.6) is 0 Å². The maximum atomic E-state index is 9.66. The van der Waals surface area contributed by atoms with Crippen molar-refractivity contribution in [2.24, 2.45) is 5.92 Å². The fourth-order valence-corrected chi connectivity index (χ4v) is 3.33.